The van der Waals surface area contributed by atoms with E-state index in [1.54, 1.807) is 13.2 Å². The van der Waals surface area contributed by atoms with E-state index in [1.165, 1.54) is 16.7 Å². The molecule has 6 heteroatoms. The van der Waals surface area contributed by atoms with Gasteiger partial charge in [-0.1, -0.05) is 32.0 Å². The van der Waals surface area contributed by atoms with Crippen molar-refractivity contribution < 1.29 is 19.1 Å². The van der Waals surface area contributed by atoms with Crippen LogP contribution in [-0.2, 0) is 14.3 Å². The highest BCUT2D eigenvalue weighted by molar-refractivity contribution is 8.04. The number of amides is 2. The van der Waals surface area contributed by atoms with Crippen LogP contribution in [0.2, 0.25) is 0 Å². The first-order chi connectivity index (χ1) is 12.0. The largest absolute Gasteiger partial charge is 0.496 e. The maximum atomic E-state index is 13.0. The van der Waals surface area contributed by atoms with Crippen LogP contribution in [0.1, 0.15) is 32.8 Å². The Hall–Kier alpha value is -1.79. The van der Waals surface area contributed by atoms with Crippen molar-refractivity contribution in [3.63, 3.8) is 0 Å². The van der Waals surface area contributed by atoms with Crippen LogP contribution in [0.5, 0.6) is 5.75 Å². The maximum Gasteiger partial charge on any atom is 0.267 e. The zero-order valence-corrected chi connectivity index (χ0v) is 16.0. The van der Waals surface area contributed by atoms with Gasteiger partial charge in [0, 0.05) is 30.6 Å². The number of hydrogen-bond acceptors (Lipinski definition) is 5. The molecule has 0 spiro atoms. The molecule has 1 aliphatic heterocycles. The van der Waals surface area contributed by atoms with Gasteiger partial charge >= 0.3 is 0 Å². The van der Waals surface area contributed by atoms with E-state index in [2.05, 4.69) is 0 Å². The number of methoxy groups -OCH3 is 1. The molecular weight excluding hydrogens is 338 g/mol. The van der Waals surface area contributed by atoms with Gasteiger partial charge in [-0.2, -0.15) is 0 Å². The third kappa shape index (κ3) is 4.44. The topological polar surface area (TPSA) is 55.8 Å². The van der Waals surface area contributed by atoms with E-state index in [1.807, 2.05) is 39.0 Å². The van der Waals surface area contributed by atoms with Crippen LogP contribution in [0.15, 0.2) is 29.2 Å². The normalized spacial score (nSPS) is 14.8. The molecule has 0 saturated heterocycles. The Bertz CT molecular complexity index is 669. The van der Waals surface area contributed by atoms with Crippen LogP contribution in [0.25, 0.3) is 5.57 Å². The summed E-state index contributed by atoms with van der Waals surface area (Å²) in [6, 6.07) is 7.32. The lowest BCUT2D eigenvalue weighted by Crippen LogP contribution is -2.33. The highest BCUT2D eigenvalue weighted by Crippen LogP contribution is 2.40. The number of para-hydroxylation sites is 1. The summed E-state index contributed by atoms with van der Waals surface area (Å²) >= 11 is 1.42. The third-order valence-corrected chi connectivity index (χ3v) is 4.82. The molecule has 0 unspecified atom stereocenters. The van der Waals surface area contributed by atoms with E-state index >= 15 is 0 Å². The van der Waals surface area contributed by atoms with Gasteiger partial charge in [0.25, 0.3) is 11.8 Å². The number of benzene rings is 1. The minimum Gasteiger partial charge on any atom is -0.496 e. The highest BCUT2D eigenvalue weighted by Gasteiger charge is 2.40. The number of carbonyl (C=O) groups excluding carboxylic acids is 2. The standard InChI is InChI=1S/C19H25NO4S/c1-5-24-12-8-11-20-18(21)16(17(19(20)22)25-13(2)3)14-9-6-7-10-15(14)23-4/h6-7,9-10,13H,5,8,11-12H2,1-4H3. The van der Waals surface area contributed by atoms with Crippen molar-refractivity contribution in [3.8, 4) is 5.75 Å². The molecule has 0 saturated carbocycles. The first kappa shape index (κ1) is 19.5. The minimum atomic E-state index is -0.255. The van der Waals surface area contributed by atoms with Crippen LogP contribution in [-0.4, -0.2) is 48.8 Å². The number of rotatable bonds is 9. The number of nitrogens with zero attached hydrogens (tertiary/aromatic N) is 1. The Kier molecular flexibility index (Phi) is 7.08. The molecule has 5 nitrogen and oxygen atoms in total. The highest BCUT2D eigenvalue weighted by atomic mass is 32.2. The zero-order valence-electron chi connectivity index (χ0n) is 15.2. The summed E-state index contributed by atoms with van der Waals surface area (Å²) in [4.78, 5) is 27.6. The van der Waals surface area contributed by atoms with Crippen LogP contribution in [0, 0.1) is 0 Å². The lowest BCUT2D eigenvalue weighted by Gasteiger charge is -2.15. The number of hydrogen-bond donors (Lipinski definition) is 0. The van der Waals surface area contributed by atoms with E-state index in [9.17, 15) is 9.59 Å². The lowest BCUT2D eigenvalue weighted by atomic mass is 10.1. The van der Waals surface area contributed by atoms with Gasteiger partial charge < -0.3 is 9.47 Å². The summed E-state index contributed by atoms with van der Waals surface area (Å²) in [5, 5.41) is 0.194. The van der Waals surface area contributed by atoms with Crippen molar-refractivity contribution in [2.24, 2.45) is 0 Å². The van der Waals surface area contributed by atoms with Gasteiger partial charge in [-0.3, -0.25) is 14.5 Å². The molecule has 25 heavy (non-hydrogen) atoms. The molecule has 0 radical (unpaired) electrons. The average molecular weight is 363 g/mol. The Morgan fingerprint density at radius 1 is 1.16 bits per heavy atom. The van der Waals surface area contributed by atoms with Gasteiger partial charge in [0.15, 0.2) is 0 Å². The quantitative estimate of drug-likeness (QED) is 0.497. The molecule has 0 aromatic heterocycles. The number of carbonyl (C=O) groups is 2. The molecule has 0 fully saturated rings. The van der Waals surface area contributed by atoms with E-state index in [0.717, 1.165) is 0 Å². The van der Waals surface area contributed by atoms with Crippen molar-refractivity contribution in [1.82, 2.24) is 4.90 Å². The molecule has 2 rings (SSSR count). The monoisotopic (exact) mass is 363 g/mol. The SMILES string of the molecule is CCOCCCN1C(=O)C(SC(C)C)=C(c2ccccc2OC)C1=O. The van der Waals surface area contributed by atoms with Crippen molar-refractivity contribution in [2.45, 2.75) is 32.4 Å². The van der Waals surface area contributed by atoms with E-state index in [0.29, 0.717) is 48.0 Å². The van der Waals surface area contributed by atoms with Crippen LogP contribution in [0.4, 0.5) is 0 Å². The zero-order chi connectivity index (χ0) is 18.4. The van der Waals surface area contributed by atoms with Gasteiger partial charge in [0.1, 0.15) is 5.75 Å². The Morgan fingerprint density at radius 3 is 2.52 bits per heavy atom. The van der Waals surface area contributed by atoms with Gasteiger partial charge in [0.05, 0.1) is 17.6 Å². The molecule has 0 bridgehead atoms. The summed E-state index contributed by atoms with van der Waals surface area (Å²) in [6.07, 6.45) is 0.629. The van der Waals surface area contributed by atoms with Crippen molar-refractivity contribution in [1.29, 1.82) is 0 Å². The molecule has 0 N–H and O–H groups in total. The van der Waals surface area contributed by atoms with Crippen LogP contribution < -0.4 is 4.74 Å². The van der Waals surface area contributed by atoms with Gasteiger partial charge in [-0.25, -0.2) is 0 Å². The first-order valence-electron chi connectivity index (χ1n) is 8.49. The van der Waals surface area contributed by atoms with E-state index in [-0.39, 0.29) is 17.1 Å². The second kappa shape index (κ2) is 9.06. The van der Waals surface area contributed by atoms with Crippen molar-refractivity contribution in [2.75, 3.05) is 26.9 Å². The Balaban J connectivity index is 2.36. The molecule has 0 aliphatic carbocycles. The van der Waals surface area contributed by atoms with E-state index in [4.69, 9.17) is 9.47 Å². The number of imide groups is 1. The fourth-order valence-electron chi connectivity index (χ4n) is 2.66. The molecule has 136 valence electrons. The second-order valence-corrected chi connectivity index (χ2v) is 7.47. The fraction of sp³-hybridized carbons (Fsp3) is 0.474. The van der Waals surface area contributed by atoms with Gasteiger partial charge in [-0.15, -0.1) is 11.8 Å². The summed E-state index contributed by atoms with van der Waals surface area (Å²) in [5.74, 6) is 0.118. The molecule has 2 amide bonds. The minimum absolute atomic E-state index is 0.194. The predicted molar refractivity (Wildman–Crippen MR) is 100 cm³/mol. The summed E-state index contributed by atoms with van der Waals surface area (Å²) in [6.45, 7) is 7.45. The molecule has 1 aromatic carbocycles. The van der Waals surface area contributed by atoms with Crippen molar-refractivity contribution in [3.05, 3.63) is 34.7 Å². The summed E-state index contributed by atoms with van der Waals surface area (Å²) in [5.41, 5.74) is 1.11. The number of thioether (sulfide) groups is 1. The van der Waals surface area contributed by atoms with Crippen molar-refractivity contribution >= 4 is 29.1 Å². The van der Waals surface area contributed by atoms with Gasteiger partial charge in [0.2, 0.25) is 0 Å². The Labute approximate surface area is 153 Å². The van der Waals surface area contributed by atoms with E-state index < -0.39 is 0 Å². The summed E-state index contributed by atoms with van der Waals surface area (Å²) in [7, 11) is 1.57. The Morgan fingerprint density at radius 2 is 1.88 bits per heavy atom. The maximum absolute atomic E-state index is 13.0. The van der Waals surface area contributed by atoms with Crippen LogP contribution in [0.3, 0.4) is 0 Å². The predicted octanol–water partition coefficient (Wildman–Crippen LogP) is 3.34. The number of ether oxygens (including phenoxy) is 2. The third-order valence-electron chi connectivity index (χ3n) is 3.73. The second-order valence-electron chi connectivity index (χ2n) is 5.88. The first-order valence-corrected chi connectivity index (χ1v) is 9.37. The average Bonchev–Trinajstić information content (AvgIpc) is 2.82. The van der Waals surface area contributed by atoms with Gasteiger partial charge in [-0.05, 0) is 19.4 Å². The molecule has 1 heterocycles. The smallest absolute Gasteiger partial charge is 0.267 e. The fourth-order valence-corrected chi connectivity index (χ4v) is 3.66. The van der Waals surface area contributed by atoms with Crippen LogP contribution >= 0.6 is 11.8 Å². The summed E-state index contributed by atoms with van der Waals surface area (Å²) < 4.78 is 10.7. The molecule has 0 atom stereocenters. The molecular formula is C19H25NO4S. The molecule has 1 aliphatic rings. The molecule has 1 aromatic rings. The lowest BCUT2D eigenvalue weighted by molar-refractivity contribution is -0.136.